The summed E-state index contributed by atoms with van der Waals surface area (Å²) in [5.41, 5.74) is -0.258. The smallest absolute Gasteiger partial charge is 0.257 e. The molecule has 0 spiro atoms. The SMILES string of the molecule is CC1(C)NC(=O)CN1C(=O)c1ccccc1Cl. The Kier molecular flexibility index (Phi) is 2.83. The van der Waals surface area contributed by atoms with Crippen LogP contribution < -0.4 is 5.32 Å². The van der Waals surface area contributed by atoms with Crippen LogP contribution in [-0.4, -0.2) is 28.9 Å². The highest BCUT2D eigenvalue weighted by Gasteiger charge is 2.40. The minimum Gasteiger partial charge on any atom is -0.332 e. The molecule has 0 saturated carbocycles. The number of carbonyl (C=O) groups excluding carboxylic acids is 2. The van der Waals surface area contributed by atoms with Crippen molar-refractivity contribution in [1.29, 1.82) is 0 Å². The van der Waals surface area contributed by atoms with Crippen LogP contribution in [0.3, 0.4) is 0 Å². The Bertz CT molecular complexity index is 485. The Labute approximate surface area is 105 Å². The van der Waals surface area contributed by atoms with E-state index in [0.29, 0.717) is 10.6 Å². The van der Waals surface area contributed by atoms with Crippen molar-refractivity contribution in [3.63, 3.8) is 0 Å². The lowest BCUT2D eigenvalue weighted by atomic mass is 10.1. The average molecular weight is 253 g/mol. The van der Waals surface area contributed by atoms with Crippen LogP contribution in [0.5, 0.6) is 0 Å². The zero-order valence-corrected chi connectivity index (χ0v) is 10.4. The maximum Gasteiger partial charge on any atom is 0.257 e. The first-order chi connectivity index (χ1) is 7.92. The van der Waals surface area contributed by atoms with Gasteiger partial charge in [-0.1, -0.05) is 23.7 Å². The molecular weight excluding hydrogens is 240 g/mol. The van der Waals surface area contributed by atoms with Crippen LogP contribution in [-0.2, 0) is 4.79 Å². The summed E-state index contributed by atoms with van der Waals surface area (Å²) in [7, 11) is 0. The van der Waals surface area contributed by atoms with Crippen molar-refractivity contribution in [2.45, 2.75) is 19.5 Å². The molecule has 17 heavy (non-hydrogen) atoms. The van der Waals surface area contributed by atoms with Crippen LogP contribution >= 0.6 is 11.6 Å². The van der Waals surface area contributed by atoms with Crippen LogP contribution in [0, 0.1) is 0 Å². The third kappa shape index (κ3) is 2.13. The largest absolute Gasteiger partial charge is 0.332 e. The third-order valence-corrected chi connectivity index (χ3v) is 3.10. The fourth-order valence-corrected chi connectivity index (χ4v) is 2.11. The Morgan fingerprint density at radius 3 is 2.59 bits per heavy atom. The Morgan fingerprint density at radius 1 is 1.41 bits per heavy atom. The number of rotatable bonds is 1. The molecule has 0 aliphatic carbocycles. The monoisotopic (exact) mass is 252 g/mol. The van der Waals surface area contributed by atoms with E-state index in [2.05, 4.69) is 5.32 Å². The molecule has 0 radical (unpaired) electrons. The Balaban J connectivity index is 2.33. The quantitative estimate of drug-likeness (QED) is 0.826. The standard InChI is InChI=1S/C12H13ClN2O2/c1-12(2)14-10(16)7-15(12)11(17)8-5-3-4-6-9(8)13/h3-6H,7H2,1-2H3,(H,14,16). The topological polar surface area (TPSA) is 49.4 Å². The maximum absolute atomic E-state index is 12.3. The molecule has 90 valence electrons. The van der Waals surface area contributed by atoms with E-state index < -0.39 is 5.66 Å². The average Bonchev–Trinajstić information content (AvgIpc) is 2.51. The number of hydrogen-bond donors (Lipinski definition) is 1. The van der Waals surface area contributed by atoms with E-state index in [0.717, 1.165) is 0 Å². The summed E-state index contributed by atoms with van der Waals surface area (Å²) in [6.45, 7) is 3.64. The highest BCUT2D eigenvalue weighted by atomic mass is 35.5. The molecule has 0 atom stereocenters. The van der Waals surface area contributed by atoms with Crippen LogP contribution in [0.25, 0.3) is 0 Å². The Hall–Kier alpha value is -1.55. The van der Waals surface area contributed by atoms with Crippen LogP contribution in [0.4, 0.5) is 0 Å². The molecule has 1 aliphatic rings. The van der Waals surface area contributed by atoms with Gasteiger partial charge in [-0.3, -0.25) is 9.59 Å². The fourth-order valence-electron chi connectivity index (χ4n) is 1.90. The lowest BCUT2D eigenvalue weighted by molar-refractivity contribution is -0.118. The summed E-state index contributed by atoms with van der Waals surface area (Å²) in [6, 6.07) is 6.83. The van der Waals surface area contributed by atoms with E-state index in [4.69, 9.17) is 11.6 Å². The van der Waals surface area contributed by atoms with Crippen molar-refractivity contribution in [2.24, 2.45) is 0 Å². The van der Waals surface area contributed by atoms with Gasteiger partial charge in [0.25, 0.3) is 5.91 Å². The number of nitrogens with zero attached hydrogens (tertiary/aromatic N) is 1. The molecule has 1 aliphatic heterocycles. The predicted octanol–water partition coefficient (Wildman–Crippen LogP) is 1.65. The summed E-state index contributed by atoms with van der Waals surface area (Å²) < 4.78 is 0. The van der Waals surface area contributed by atoms with E-state index in [1.165, 1.54) is 4.90 Å². The van der Waals surface area contributed by atoms with Gasteiger partial charge in [-0.25, -0.2) is 0 Å². The van der Waals surface area contributed by atoms with Gasteiger partial charge in [-0.15, -0.1) is 0 Å². The molecular formula is C12H13ClN2O2. The fraction of sp³-hybridized carbons (Fsp3) is 0.333. The summed E-state index contributed by atoms with van der Waals surface area (Å²) in [4.78, 5) is 25.1. The van der Waals surface area contributed by atoms with Crippen molar-refractivity contribution in [1.82, 2.24) is 10.2 Å². The van der Waals surface area contributed by atoms with Crippen molar-refractivity contribution < 1.29 is 9.59 Å². The normalized spacial score (nSPS) is 18.1. The molecule has 1 aromatic rings. The summed E-state index contributed by atoms with van der Waals surface area (Å²) in [5.74, 6) is -0.394. The summed E-state index contributed by atoms with van der Waals surface area (Å²) in [5, 5.41) is 3.13. The van der Waals surface area contributed by atoms with E-state index in [9.17, 15) is 9.59 Å². The molecule has 2 amide bonds. The van der Waals surface area contributed by atoms with Gasteiger partial charge in [0, 0.05) is 0 Å². The molecule has 0 unspecified atom stereocenters. The second kappa shape index (κ2) is 4.04. The van der Waals surface area contributed by atoms with Gasteiger partial charge in [0.1, 0.15) is 12.2 Å². The van der Waals surface area contributed by atoms with E-state index >= 15 is 0 Å². The number of halogens is 1. The summed E-state index contributed by atoms with van der Waals surface area (Å²) >= 11 is 5.97. The van der Waals surface area contributed by atoms with Crippen LogP contribution in [0.2, 0.25) is 5.02 Å². The molecule has 2 rings (SSSR count). The van der Waals surface area contributed by atoms with Gasteiger partial charge in [0.2, 0.25) is 5.91 Å². The van der Waals surface area contributed by atoms with Gasteiger partial charge in [-0.05, 0) is 26.0 Å². The number of carbonyl (C=O) groups is 2. The molecule has 5 heteroatoms. The summed E-state index contributed by atoms with van der Waals surface area (Å²) in [6.07, 6.45) is 0. The van der Waals surface area contributed by atoms with Crippen molar-refractivity contribution >= 4 is 23.4 Å². The van der Waals surface area contributed by atoms with E-state index in [-0.39, 0.29) is 18.4 Å². The molecule has 1 saturated heterocycles. The first-order valence-corrected chi connectivity index (χ1v) is 5.67. The highest BCUT2D eigenvalue weighted by molar-refractivity contribution is 6.33. The first kappa shape index (κ1) is 11.9. The minimum absolute atomic E-state index is 0.0665. The van der Waals surface area contributed by atoms with Gasteiger partial charge in [0.15, 0.2) is 0 Å². The molecule has 4 nitrogen and oxygen atoms in total. The van der Waals surface area contributed by atoms with E-state index in [1.54, 1.807) is 38.1 Å². The zero-order valence-electron chi connectivity index (χ0n) is 9.66. The number of hydrogen-bond acceptors (Lipinski definition) is 2. The van der Waals surface area contributed by atoms with Gasteiger partial charge in [0.05, 0.1) is 10.6 Å². The Morgan fingerprint density at radius 2 is 2.06 bits per heavy atom. The molecule has 1 fully saturated rings. The molecule has 1 N–H and O–H groups in total. The predicted molar refractivity (Wildman–Crippen MR) is 64.7 cm³/mol. The van der Waals surface area contributed by atoms with Crippen molar-refractivity contribution in [2.75, 3.05) is 6.54 Å². The first-order valence-electron chi connectivity index (χ1n) is 5.29. The second-order valence-electron chi connectivity index (χ2n) is 4.48. The third-order valence-electron chi connectivity index (χ3n) is 2.77. The lowest BCUT2D eigenvalue weighted by Crippen LogP contribution is -2.49. The molecule has 1 heterocycles. The zero-order chi connectivity index (χ0) is 12.6. The number of nitrogens with one attached hydrogen (secondary N) is 1. The number of benzene rings is 1. The molecule has 1 aromatic carbocycles. The van der Waals surface area contributed by atoms with Gasteiger partial charge in [-0.2, -0.15) is 0 Å². The highest BCUT2D eigenvalue weighted by Crippen LogP contribution is 2.23. The van der Waals surface area contributed by atoms with Crippen LogP contribution in [0.15, 0.2) is 24.3 Å². The van der Waals surface area contributed by atoms with Gasteiger partial charge < -0.3 is 10.2 Å². The molecule has 0 aromatic heterocycles. The molecule has 0 bridgehead atoms. The van der Waals surface area contributed by atoms with E-state index in [1.807, 2.05) is 0 Å². The second-order valence-corrected chi connectivity index (χ2v) is 4.89. The van der Waals surface area contributed by atoms with Gasteiger partial charge >= 0.3 is 0 Å². The minimum atomic E-state index is -0.673. The van der Waals surface area contributed by atoms with Crippen molar-refractivity contribution in [3.05, 3.63) is 34.9 Å². The maximum atomic E-state index is 12.3. The lowest BCUT2D eigenvalue weighted by Gasteiger charge is -2.30. The van der Waals surface area contributed by atoms with Crippen molar-refractivity contribution in [3.8, 4) is 0 Å². The number of amides is 2. The van der Waals surface area contributed by atoms with Crippen LogP contribution in [0.1, 0.15) is 24.2 Å².